The number of furan rings is 1. The molecule has 1 saturated carbocycles. The lowest BCUT2D eigenvalue weighted by Crippen LogP contribution is -2.21. The van der Waals surface area contributed by atoms with Crippen LogP contribution in [0.25, 0.3) is 55.3 Å². The fourth-order valence-corrected chi connectivity index (χ4v) is 10.8. The molecule has 0 saturated heterocycles. The molecular weight excluding hydrogens is 679 g/mol. The van der Waals surface area contributed by atoms with Gasteiger partial charge >= 0.3 is 0 Å². The van der Waals surface area contributed by atoms with E-state index in [1.807, 2.05) is 0 Å². The Morgan fingerprint density at radius 2 is 1.12 bits per heavy atom. The number of nitrogens with zero attached hydrogens (tertiary/aromatic N) is 1. The highest BCUT2D eigenvalue weighted by Crippen LogP contribution is 2.58. The van der Waals surface area contributed by atoms with Gasteiger partial charge in [0.25, 0.3) is 0 Å². The Morgan fingerprint density at radius 3 is 1.86 bits per heavy atom. The molecule has 2 heteroatoms. The van der Waals surface area contributed by atoms with Crippen LogP contribution in [0.4, 0.5) is 17.1 Å². The first-order valence-electron chi connectivity index (χ1n) is 20.5. The van der Waals surface area contributed by atoms with Gasteiger partial charge in [-0.3, -0.25) is 0 Å². The molecule has 1 heterocycles. The maximum atomic E-state index is 6.61. The zero-order valence-electron chi connectivity index (χ0n) is 33.0. The summed E-state index contributed by atoms with van der Waals surface area (Å²) in [6.07, 6.45) is 4.96. The van der Waals surface area contributed by atoms with Gasteiger partial charge < -0.3 is 9.32 Å². The fraction of sp³-hybridized carbons (Fsp3) is 0.222. The van der Waals surface area contributed by atoms with Crippen molar-refractivity contribution in [1.82, 2.24) is 0 Å². The van der Waals surface area contributed by atoms with Crippen LogP contribution in [0.3, 0.4) is 0 Å². The van der Waals surface area contributed by atoms with Gasteiger partial charge in [-0.05, 0) is 111 Å². The molecule has 1 aromatic heterocycles. The van der Waals surface area contributed by atoms with E-state index in [0.29, 0.717) is 0 Å². The van der Waals surface area contributed by atoms with E-state index in [1.165, 1.54) is 109 Å². The molecule has 3 aliphatic rings. The standard InChI is InChI=1S/C54H47NO/c1-52(2,3)46-21-14-18-42-43-31-34(23-28-50(43)56-51(42)46)37-15-8-11-22-49(37)55(35-24-26-40-38-16-6-9-19-44(38)53(4,5)47(40)32-35)36-25-27-41-39-17-7-10-20-45(39)54(48(41)33-36)29-12-13-30-54/h6-11,14-28,31-33H,12-13,29-30H2,1-5H3. The van der Waals surface area contributed by atoms with Crippen LogP contribution in [0.5, 0.6) is 0 Å². The summed E-state index contributed by atoms with van der Waals surface area (Å²) >= 11 is 0. The van der Waals surface area contributed by atoms with E-state index in [-0.39, 0.29) is 16.2 Å². The normalized spacial score (nSPS) is 15.9. The first-order valence-corrected chi connectivity index (χ1v) is 20.5. The van der Waals surface area contributed by atoms with Crippen molar-refractivity contribution in [2.45, 2.75) is 76.5 Å². The maximum Gasteiger partial charge on any atom is 0.139 e. The number of hydrogen-bond donors (Lipinski definition) is 0. The number of anilines is 3. The molecule has 0 aliphatic heterocycles. The minimum absolute atomic E-state index is 0.0244. The Labute approximate surface area is 330 Å². The number of para-hydroxylation sites is 2. The summed E-state index contributed by atoms with van der Waals surface area (Å²) in [5.74, 6) is 0. The predicted molar refractivity (Wildman–Crippen MR) is 235 cm³/mol. The van der Waals surface area contributed by atoms with E-state index in [9.17, 15) is 0 Å². The molecule has 7 aromatic carbocycles. The third-order valence-corrected chi connectivity index (χ3v) is 13.6. The fourth-order valence-electron chi connectivity index (χ4n) is 10.8. The van der Waals surface area contributed by atoms with Crippen LogP contribution in [-0.2, 0) is 16.2 Å². The van der Waals surface area contributed by atoms with Crippen LogP contribution in [0.15, 0.2) is 150 Å². The molecule has 3 aliphatic carbocycles. The van der Waals surface area contributed by atoms with Gasteiger partial charge in [-0.15, -0.1) is 0 Å². The number of benzene rings is 7. The van der Waals surface area contributed by atoms with Gasteiger partial charge in [-0.25, -0.2) is 0 Å². The molecule has 0 radical (unpaired) electrons. The van der Waals surface area contributed by atoms with Gasteiger partial charge in [-0.1, -0.05) is 151 Å². The smallest absolute Gasteiger partial charge is 0.139 e. The molecule has 0 atom stereocenters. The number of fused-ring (bicyclic) bond motifs is 11. The number of hydrogen-bond acceptors (Lipinski definition) is 2. The zero-order valence-corrected chi connectivity index (χ0v) is 33.0. The Hall–Kier alpha value is -5.86. The molecule has 0 bridgehead atoms. The van der Waals surface area contributed by atoms with Crippen LogP contribution in [0, 0.1) is 0 Å². The molecule has 1 spiro atoms. The van der Waals surface area contributed by atoms with Gasteiger partial charge in [0, 0.05) is 44.1 Å². The minimum atomic E-state index is -0.111. The summed E-state index contributed by atoms with van der Waals surface area (Å²) in [6, 6.07) is 55.0. The molecule has 11 rings (SSSR count). The maximum absolute atomic E-state index is 6.61. The van der Waals surface area contributed by atoms with Crippen LogP contribution in [0.2, 0.25) is 0 Å². The highest BCUT2D eigenvalue weighted by atomic mass is 16.3. The predicted octanol–water partition coefficient (Wildman–Crippen LogP) is 15.2. The summed E-state index contributed by atoms with van der Waals surface area (Å²) < 4.78 is 6.61. The average molecular weight is 726 g/mol. The second-order valence-corrected chi connectivity index (χ2v) is 18.1. The molecule has 1 fully saturated rings. The van der Waals surface area contributed by atoms with Crippen molar-refractivity contribution in [1.29, 1.82) is 0 Å². The van der Waals surface area contributed by atoms with Gasteiger partial charge in [0.1, 0.15) is 11.2 Å². The molecule has 8 aromatic rings. The quantitative estimate of drug-likeness (QED) is 0.180. The SMILES string of the molecule is CC(C)(C)c1cccc2c1oc1ccc(-c3ccccc3N(c3ccc4c(c3)C(C)(C)c3ccccc3-4)c3ccc4c(c3)C3(CCCC3)c3ccccc3-4)cc12. The average Bonchev–Trinajstić information content (AvgIpc) is 3.97. The number of rotatable bonds is 4. The minimum Gasteiger partial charge on any atom is -0.456 e. The second-order valence-electron chi connectivity index (χ2n) is 18.1. The van der Waals surface area contributed by atoms with Crippen molar-refractivity contribution >= 4 is 39.0 Å². The summed E-state index contributed by atoms with van der Waals surface area (Å²) in [5, 5.41) is 2.32. The molecule has 274 valence electrons. The lowest BCUT2D eigenvalue weighted by atomic mass is 9.76. The second kappa shape index (κ2) is 11.8. The molecule has 0 unspecified atom stereocenters. The highest BCUT2D eigenvalue weighted by Gasteiger charge is 2.45. The lowest BCUT2D eigenvalue weighted by molar-refractivity contribution is 0.550. The third kappa shape index (κ3) is 4.68. The van der Waals surface area contributed by atoms with E-state index in [1.54, 1.807) is 0 Å². The molecule has 56 heavy (non-hydrogen) atoms. The zero-order chi connectivity index (χ0) is 38.0. The summed E-state index contributed by atoms with van der Waals surface area (Å²) in [6.45, 7) is 11.5. The molecular formula is C54H47NO. The van der Waals surface area contributed by atoms with Crippen molar-refractivity contribution in [2.75, 3.05) is 4.90 Å². The van der Waals surface area contributed by atoms with Gasteiger partial charge in [0.2, 0.25) is 0 Å². The Bertz CT molecular complexity index is 2890. The van der Waals surface area contributed by atoms with E-state index in [4.69, 9.17) is 4.42 Å². The van der Waals surface area contributed by atoms with E-state index >= 15 is 0 Å². The van der Waals surface area contributed by atoms with Gasteiger partial charge in [0.05, 0.1) is 5.69 Å². The third-order valence-electron chi connectivity index (χ3n) is 13.6. The Kier molecular flexibility index (Phi) is 7.07. The summed E-state index contributed by atoms with van der Waals surface area (Å²) in [4.78, 5) is 2.54. The largest absolute Gasteiger partial charge is 0.456 e. The van der Waals surface area contributed by atoms with Crippen LogP contribution >= 0.6 is 0 Å². The van der Waals surface area contributed by atoms with E-state index in [2.05, 4.69) is 185 Å². The van der Waals surface area contributed by atoms with E-state index < -0.39 is 0 Å². The van der Waals surface area contributed by atoms with Gasteiger partial charge in [0.15, 0.2) is 0 Å². The van der Waals surface area contributed by atoms with Crippen molar-refractivity contribution in [2.24, 2.45) is 0 Å². The Balaban J connectivity index is 1.13. The highest BCUT2D eigenvalue weighted by molar-refractivity contribution is 6.08. The van der Waals surface area contributed by atoms with E-state index in [0.717, 1.165) is 16.6 Å². The van der Waals surface area contributed by atoms with Crippen LogP contribution < -0.4 is 4.90 Å². The van der Waals surface area contributed by atoms with Gasteiger partial charge in [-0.2, -0.15) is 0 Å². The van der Waals surface area contributed by atoms with Crippen molar-refractivity contribution < 1.29 is 4.42 Å². The van der Waals surface area contributed by atoms with Crippen LogP contribution in [-0.4, -0.2) is 0 Å². The lowest BCUT2D eigenvalue weighted by Gasteiger charge is -2.32. The summed E-state index contributed by atoms with van der Waals surface area (Å²) in [5.41, 5.74) is 20.3. The first kappa shape index (κ1) is 33.5. The summed E-state index contributed by atoms with van der Waals surface area (Å²) in [7, 11) is 0. The Morgan fingerprint density at radius 1 is 0.518 bits per heavy atom. The van der Waals surface area contributed by atoms with Crippen molar-refractivity contribution in [3.05, 3.63) is 173 Å². The van der Waals surface area contributed by atoms with Crippen LogP contribution in [0.1, 0.15) is 88.1 Å². The topological polar surface area (TPSA) is 16.4 Å². The van der Waals surface area contributed by atoms with Crippen molar-refractivity contribution in [3.63, 3.8) is 0 Å². The molecule has 0 N–H and O–H groups in total. The monoisotopic (exact) mass is 725 g/mol. The van der Waals surface area contributed by atoms with Crippen molar-refractivity contribution in [3.8, 4) is 33.4 Å². The first-order chi connectivity index (χ1) is 27.1. The molecule has 2 nitrogen and oxygen atoms in total. The molecule has 0 amide bonds.